The van der Waals surface area contributed by atoms with Gasteiger partial charge in [0.2, 0.25) is 0 Å². The standard InChI is InChI=1S/C10H9Cl2FO/c1-6(12)10(14)7-2-3-8(5-11)9(13)4-7/h2-4,6H,5H2,1H3. The van der Waals surface area contributed by atoms with Crippen molar-refractivity contribution in [2.75, 3.05) is 0 Å². The molecule has 0 spiro atoms. The Morgan fingerprint density at radius 2 is 2.21 bits per heavy atom. The lowest BCUT2D eigenvalue weighted by Gasteiger charge is -2.04. The van der Waals surface area contributed by atoms with Gasteiger partial charge in [-0.15, -0.1) is 23.2 Å². The normalized spacial score (nSPS) is 12.6. The first-order chi connectivity index (χ1) is 6.56. The average molecular weight is 235 g/mol. The van der Waals surface area contributed by atoms with Gasteiger partial charge in [-0.25, -0.2) is 4.39 Å². The van der Waals surface area contributed by atoms with Crippen LogP contribution in [0.3, 0.4) is 0 Å². The van der Waals surface area contributed by atoms with Crippen molar-refractivity contribution in [2.45, 2.75) is 18.2 Å². The van der Waals surface area contributed by atoms with Crippen molar-refractivity contribution in [3.05, 3.63) is 35.1 Å². The minimum Gasteiger partial charge on any atom is -0.293 e. The smallest absolute Gasteiger partial charge is 0.180 e. The SMILES string of the molecule is CC(Cl)C(=O)c1ccc(CCl)c(F)c1. The van der Waals surface area contributed by atoms with E-state index >= 15 is 0 Å². The first kappa shape index (κ1) is 11.5. The number of alkyl halides is 2. The largest absolute Gasteiger partial charge is 0.293 e. The third-order valence-corrected chi connectivity index (χ3v) is 2.33. The van der Waals surface area contributed by atoms with Crippen LogP contribution in [0.25, 0.3) is 0 Å². The van der Waals surface area contributed by atoms with Crippen LogP contribution in [-0.4, -0.2) is 11.2 Å². The summed E-state index contributed by atoms with van der Waals surface area (Å²) in [4.78, 5) is 11.4. The molecule has 1 aromatic carbocycles. The summed E-state index contributed by atoms with van der Waals surface area (Å²) in [5.41, 5.74) is 0.657. The Bertz CT molecular complexity index is 350. The van der Waals surface area contributed by atoms with E-state index in [1.165, 1.54) is 18.2 Å². The lowest BCUT2D eigenvalue weighted by Crippen LogP contribution is -2.10. The van der Waals surface area contributed by atoms with Crippen molar-refractivity contribution in [2.24, 2.45) is 0 Å². The van der Waals surface area contributed by atoms with Gasteiger partial charge in [0.1, 0.15) is 5.82 Å². The van der Waals surface area contributed by atoms with Crippen LogP contribution >= 0.6 is 23.2 Å². The van der Waals surface area contributed by atoms with Crippen molar-refractivity contribution in [1.82, 2.24) is 0 Å². The van der Waals surface area contributed by atoms with E-state index < -0.39 is 11.2 Å². The van der Waals surface area contributed by atoms with E-state index in [-0.39, 0.29) is 17.2 Å². The molecule has 0 saturated carbocycles. The number of halogens is 3. The maximum Gasteiger partial charge on any atom is 0.180 e. The van der Waals surface area contributed by atoms with E-state index in [2.05, 4.69) is 0 Å². The minimum atomic E-state index is -0.642. The molecule has 14 heavy (non-hydrogen) atoms. The molecule has 0 amide bonds. The van der Waals surface area contributed by atoms with Gasteiger partial charge < -0.3 is 0 Å². The van der Waals surface area contributed by atoms with E-state index in [9.17, 15) is 9.18 Å². The molecule has 0 bridgehead atoms. The van der Waals surface area contributed by atoms with E-state index in [1.807, 2.05) is 0 Å². The van der Waals surface area contributed by atoms with E-state index in [0.29, 0.717) is 5.56 Å². The molecular formula is C10H9Cl2FO. The van der Waals surface area contributed by atoms with E-state index in [0.717, 1.165) is 0 Å². The van der Waals surface area contributed by atoms with Crippen LogP contribution in [0.5, 0.6) is 0 Å². The summed E-state index contributed by atoms with van der Waals surface area (Å²) in [7, 11) is 0. The Hall–Kier alpha value is -0.600. The molecule has 0 aliphatic carbocycles. The third kappa shape index (κ3) is 2.46. The van der Waals surface area contributed by atoms with Gasteiger partial charge in [-0.05, 0) is 13.0 Å². The van der Waals surface area contributed by atoms with Gasteiger partial charge in [0.25, 0.3) is 0 Å². The van der Waals surface area contributed by atoms with Crippen LogP contribution in [0, 0.1) is 5.82 Å². The van der Waals surface area contributed by atoms with Crippen LogP contribution in [0.15, 0.2) is 18.2 Å². The van der Waals surface area contributed by atoms with Crippen LogP contribution in [0.1, 0.15) is 22.8 Å². The highest BCUT2D eigenvalue weighted by Crippen LogP contribution is 2.15. The fourth-order valence-corrected chi connectivity index (χ4v) is 1.38. The second-order valence-electron chi connectivity index (χ2n) is 2.92. The molecule has 1 nitrogen and oxygen atoms in total. The predicted octanol–water partition coefficient (Wildman–Crippen LogP) is 3.37. The monoisotopic (exact) mass is 234 g/mol. The van der Waals surface area contributed by atoms with Gasteiger partial charge in [-0.3, -0.25) is 4.79 Å². The van der Waals surface area contributed by atoms with Gasteiger partial charge in [0.15, 0.2) is 5.78 Å². The first-order valence-corrected chi connectivity index (χ1v) is 5.06. The van der Waals surface area contributed by atoms with Crippen LogP contribution in [-0.2, 0) is 5.88 Å². The Kier molecular flexibility index (Phi) is 3.90. The summed E-state index contributed by atoms with van der Waals surface area (Å²) >= 11 is 11.1. The Balaban J connectivity index is 3.03. The Morgan fingerprint density at radius 1 is 1.57 bits per heavy atom. The third-order valence-electron chi connectivity index (χ3n) is 1.84. The molecule has 0 aliphatic heterocycles. The number of benzene rings is 1. The summed E-state index contributed by atoms with van der Waals surface area (Å²) in [6, 6.07) is 4.19. The summed E-state index contributed by atoms with van der Waals surface area (Å²) < 4.78 is 13.2. The quantitative estimate of drug-likeness (QED) is 0.579. The second-order valence-corrected chi connectivity index (χ2v) is 3.84. The molecule has 0 radical (unpaired) electrons. The zero-order chi connectivity index (χ0) is 10.7. The van der Waals surface area contributed by atoms with Gasteiger partial charge >= 0.3 is 0 Å². The molecule has 0 fully saturated rings. The number of rotatable bonds is 3. The lowest BCUT2D eigenvalue weighted by molar-refractivity contribution is 0.0991. The molecule has 0 heterocycles. The summed E-state index contributed by atoms with van der Waals surface area (Å²) in [5.74, 6) is -0.661. The van der Waals surface area contributed by atoms with Crippen molar-refractivity contribution in [1.29, 1.82) is 0 Å². The molecule has 0 aromatic heterocycles. The molecule has 0 saturated heterocycles. The highest BCUT2D eigenvalue weighted by Gasteiger charge is 2.13. The highest BCUT2D eigenvalue weighted by molar-refractivity contribution is 6.33. The Labute approximate surface area is 91.8 Å². The molecule has 76 valence electrons. The molecule has 1 rings (SSSR count). The zero-order valence-electron chi connectivity index (χ0n) is 7.56. The van der Waals surface area contributed by atoms with E-state index in [4.69, 9.17) is 23.2 Å². The number of carbonyl (C=O) groups excluding carboxylic acids is 1. The summed E-state index contributed by atoms with van der Waals surface area (Å²) in [5, 5.41) is -0.642. The van der Waals surface area contributed by atoms with E-state index in [1.54, 1.807) is 6.92 Å². The minimum absolute atomic E-state index is 0.0940. The zero-order valence-corrected chi connectivity index (χ0v) is 9.07. The first-order valence-electron chi connectivity index (χ1n) is 4.09. The van der Waals surface area contributed by atoms with Gasteiger partial charge in [-0.2, -0.15) is 0 Å². The van der Waals surface area contributed by atoms with Gasteiger partial charge in [0.05, 0.1) is 11.3 Å². The molecule has 1 unspecified atom stereocenters. The molecule has 0 N–H and O–H groups in total. The van der Waals surface area contributed by atoms with Crippen molar-refractivity contribution in [3.63, 3.8) is 0 Å². The Morgan fingerprint density at radius 3 is 2.64 bits per heavy atom. The number of carbonyl (C=O) groups is 1. The van der Waals surface area contributed by atoms with Crippen LogP contribution in [0.4, 0.5) is 4.39 Å². The topological polar surface area (TPSA) is 17.1 Å². The predicted molar refractivity (Wildman–Crippen MR) is 55.6 cm³/mol. The fourth-order valence-electron chi connectivity index (χ4n) is 1.04. The molecule has 0 aliphatic rings. The fraction of sp³-hybridized carbons (Fsp3) is 0.300. The highest BCUT2D eigenvalue weighted by atomic mass is 35.5. The van der Waals surface area contributed by atoms with Crippen molar-refractivity contribution in [3.8, 4) is 0 Å². The number of ketones is 1. The summed E-state index contributed by atoms with van der Waals surface area (Å²) in [6.07, 6.45) is 0. The number of Topliss-reactive ketones (excluding diaryl/α,β-unsaturated/α-hetero) is 1. The maximum atomic E-state index is 13.2. The molecule has 4 heteroatoms. The van der Waals surface area contributed by atoms with Crippen molar-refractivity contribution >= 4 is 29.0 Å². The average Bonchev–Trinajstić information content (AvgIpc) is 2.16. The molecule has 1 atom stereocenters. The summed E-state index contributed by atoms with van der Waals surface area (Å²) in [6.45, 7) is 1.55. The van der Waals surface area contributed by atoms with Crippen molar-refractivity contribution < 1.29 is 9.18 Å². The van der Waals surface area contributed by atoms with Crippen LogP contribution in [0.2, 0.25) is 0 Å². The lowest BCUT2D eigenvalue weighted by atomic mass is 10.1. The second kappa shape index (κ2) is 4.76. The number of hydrogen-bond donors (Lipinski definition) is 0. The molecular weight excluding hydrogens is 226 g/mol. The number of hydrogen-bond acceptors (Lipinski definition) is 1. The van der Waals surface area contributed by atoms with Gasteiger partial charge in [-0.1, -0.05) is 12.1 Å². The van der Waals surface area contributed by atoms with Crippen LogP contribution < -0.4 is 0 Å². The van der Waals surface area contributed by atoms with Gasteiger partial charge in [0, 0.05) is 11.1 Å². The maximum absolute atomic E-state index is 13.2. The molecule has 1 aromatic rings.